The lowest BCUT2D eigenvalue weighted by Crippen LogP contribution is -2.11. The van der Waals surface area contributed by atoms with Gasteiger partial charge in [-0.25, -0.2) is 4.98 Å². The van der Waals surface area contributed by atoms with Crippen LogP contribution >= 0.6 is 11.8 Å². The molecule has 0 saturated heterocycles. The van der Waals surface area contributed by atoms with Crippen LogP contribution in [-0.2, 0) is 18.6 Å². The highest BCUT2D eigenvalue weighted by atomic mass is 32.2. The molecule has 0 bridgehead atoms. The van der Waals surface area contributed by atoms with Crippen molar-refractivity contribution in [3.05, 3.63) is 94.5 Å². The number of rotatable bonds is 8. The van der Waals surface area contributed by atoms with Gasteiger partial charge < -0.3 is 16.5 Å². The van der Waals surface area contributed by atoms with Crippen LogP contribution in [0.5, 0.6) is 0 Å². The molecule has 0 atom stereocenters. The number of aromatic amines is 1. The normalized spacial score (nSPS) is 11.0. The maximum absolute atomic E-state index is 7.57. The topological polar surface area (TPSA) is 128 Å². The lowest BCUT2D eigenvalue weighted by atomic mass is 10.0. The second-order valence-electron chi connectivity index (χ2n) is 7.41. The van der Waals surface area contributed by atoms with Crippen molar-refractivity contribution in [2.24, 2.45) is 11.5 Å². The molecule has 0 amide bonds. The van der Waals surface area contributed by atoms with Crippen molar-refractivity contribution in [3.63, 3.8) is 0 Å². The molecule has 0 radical (unpaired) electrons. The highest BCUT2D eigenvalue weighted by Crippen LogP contribution is 2.24. The molecule has 0 unspecified atom stereocenters. The van der Waals surface area contributed by atoms with Crippen molar-refractivity contribution >= 4 is 34.5 Å². The first kappa shape index (κ1) is 20.7. The van der Waals surface area contributed by atoms with Crippen LogP contribution in [0.25, 0.3) is 11.0 Å². The van der Waals surface area contributed by atoms with Gasteiger partial charge >= 0.3 is 0 Å². The van der Waals surface area contributed by atoms with Gasteiger partial charge in [-0.15, -0.1) is 0 Å². The van der Waals surface area contributed by atoms with Gasteiger partial charge in [0.2, 0.25) is 0 Å². The zero-order chi connectivity index (χ0) is 21.8. The van der Waals surface area contributed by atoms with E-state index < -0.39 is 0 Å². The number of fused-ring (bicyclic) bond motifs is 1. The van der Waals surface area contributed by atoms with Gasteiger partial charge in [0.1, 0.15) is 11.7 Å². The number of nitrogen functional groups attached to an aromatic ring is 2. The zero-order valence-corrected chi connectivity index (χ0v) is 17.8. The number of H-pyrrole nitrogens is 1. The maximum atomic E-state index is 7.57. The average Bonchev–Trinajstić information content (AvgIpc) is 3.19. The number of amidine groups is 2. The summed E-state index contributed by atoms with van der Waals surface area (Å²) >= 11 is 1.65. The Kier molecular flexibility index (Phi) is 6.04. The smallest absolute Gasteiger partial charge is 0.166 e. The van der Waals surface area contributed by atoms with E-state index in [9.17, 15) is 0 Å². The van der Waals surface area contributed by atoms with E-state index in [0.717, 1.165) is 40.3 Å². The van der Waals surface area contributed by atoms with Crippen molar-refractivity contribution in [1.29, 1.82) is 10.8 Å². The van der Waals surface area contributed by atoms with Crippen molar-refractivity contribution in [3.8, 4) is 0 Å². The summed E-state index contributed by atoms with van der Waals surface area (Å²) in [4.78, 5) is 7.90. The Balaban J connectivity index is 1.34. The Morgan fingerprint density at radius 3 is 2.23 bits per heavy atom. The molecule has 31 heavy (non-hydrogen) atoms. The van der Waals surface area contributed by atoms with Gasteiger partial charge in [0, 0.05) is 16.9 Å². The van der Waals surface area contributed by atoms with Crippen LogP contribution in [0.2, 0.25) is 0 Å². The molecule has 0 fully saturated rings. The minimum absolute atomic E-state index is 0.0531. The summed E-state index contributed by atoms with van der Waals surface area (Å²) < 4.78 is 0. The maximum Gasteiger partial charge on any atom is 0.166 e. The van der Waals surface area contributed by atoms with Crippen LogP contribution in [0.1, 0.15) is 27.8 Å². The highest BCUT2D eigenvalue weighted by molar-refractivity contribution is 7.98. The quantitative estimate of drug-likeness (QED) is 0.164. The summed E-state index contributed by atoms with van der Waals surface area (Å²) in [5.41, 5.74) is 18.1. The van der Waals surface area contributed by atoms with Crippen molar-refractivity contribution in [2.75, 3.05) is 0 Å². The molecule has 4 aromatic rings. The number of thioether (sulfide) groups is 1. The number of nitrogens with one attached hydrogen (secondary N) is 3. The van der Waals surface area contributed by atoms with Crippen LogP contribution < -0.4 is 11.5 Å². The third kappa shape index (κ3) is 5.13. The van der Waals surface area contributed by atoms with E-state index >= 15 is 0 Å². The Morgan fingerprint density at radius 1 is 0.806 bits per heavy atom. The summed E-state index contributed by atoms with van der Waals surface area (Å²) in [6.45, 7) is 0. The summed E-state index contributed by atoms with van der Waals surface area (Å²) in [5.74, 6) is 0.977. The summed E-state index contributed by atoms with van der Waals surface area (Å²) in [6.07, 6.45) is 1.85. The van der Waals surface area contributed by atoms with Crippen LogP contribution in [-0.4, -0.2) is 21.6 Å². The fourth-order valence-electron chi connectivity index (χ4n) is 3.36. The summed E-state index contributed by atoms with van der Waals surface area (Å²) in [6, 6.07) is 22.1. The van der Waals surface area contributed by atoms with Crippen LogP contribution in [0.4, 0.5) is 0 Å². The minimum atomic E-state index is 0.0531. The van der Waals surface area contributed by atoms with Gasteiger partial charge in [-0.05, 0) is 53.8 Å². The zero-order valence-electron chi connectivity index (χ0n) is 17.0. The van der Waals surface area contributed by atoms with Gasteiger partial charge in [-0.3, -0.25) is 10.8 Å². The Labute approximate surface area is 185 Å². The summed E-state index contributed by atoms with van der Waals surface area (Å²) in [5, 5.41) is 16.0. The molecule has 156 valence electrons. The number of nitrogens with two attached hydrogens (primary N) is 2. The lowest BCUT2D eigenvalue weighted by molar-refractivity contribution is 0.958. The minimum Gasteiger partial charge on any atom is -0.384 e. The van der Waals surface area contributed by atoms with Gasteiger partial charge in [0.05, 0.1) is 11.0 Å². The van der Waals surface area contributed by atoms with Gasteiger partial charge in [-0.2, -0.15) is 0 Å². The summed E-state index contributed by atoms with van der Waals surface area (Å²) in [7, 11) is 0. The fraction of sp³-hybridized carbons (Fsp3) is 0.125. The predicted octanol–water partition coefficient (Wildman–Crippen LogP) is 4.21. The molecule has 1 heterocycles. The molecule has 1 aromatic heterocycles. The van der Waals surface area contributed by atoms with E-state index in [1.165, 1.54) is 16.7 Å². The average molecular weight is 429 g/mol. The van der Waals surface area contributed by atoms with E-state index in [1.807, 2.05) is 36.4 Å². The number of benzene rings is 3. The van der Waals surface area contributed by atoms with Gasteiger partial charge in [0.15, 0.2) is 5.16 Å². The molecular weight excluding hydrogens is 404 g/mol. The molecule has 0 spiro atoms. The Bertz CT molecular complexity index is 1240. The number of nitrogens with zero attached hydrogens (tertiary/aromatic N) is 1. The van der Waals surface area contributed by atoms with Crippen LogP contribution in [0.3, 0.4) is 0 Å². The number of aryl methyl sites for hydroxylation is 2. The molecule has 0 saturated carbocycles. The Morgan fingerprint density at radius 2 is 1.48 bits per heavy atom. The molecule has 3 aromatic carbocycles. The number of imidazole rings is 1. The number of hydrogen-bond donors (Lipinski definition) is 5. The fourth-order valence-corrected chi connectivity index (χ4v) is 4.20. The molecular formula is C24H24N6S. The number of hydrogen-bond acceptors (Lipinski definition) is 4. The monoisotopic (exact) mass is 428 g/mol. The second-order valence-corrected chi connectivity index (χ2v) is 8.37. The Hall–Kier alpha value is -3.58. The van der Waals surface area contributed by atoms with Gasteiger partial charge in [-0.1, -0.05) is 54.2 Å². The van der Waals surface area contributed by atoms with E-state index in [1.54, 1.807) is 11.8 Å². The third-order valence-electron chi connectivity index (χ3n) is 5.11. The molecule has 0 aliphatic carbocycles. The SMILES string of the molecule is N=C(N)c1cccc(CCc2ccc(CSc3nc4ccc(C(=N)N)cc4[nH]3)cc2)c1. The first-order valence-electron chi connectivity index (χ1n) is 9.96. The standard InChI is InChI=1S/C24H24N6S/c25-22(26)18-3-1-2-16(12-18)7-4-15-5-8-17(9-6-15)14-31-24-29-20-11-10-19(23(27)28)13-21(20)30-24/h1-3,5-6,8-13H,4,7,14H2,(H3,25,26)(H3,27,28)(H,29,30). The molecule has 0 aliphatic rings. The number of aromatic nitrogens is 2. The molecule has 7 heteroatoms. The molecule has 7 N–H and O–H groups in total. The van der Waals surface area contributed by atoms with Crippen molar-refractivity contribution < 1.29 is 0 Å². The molecule has 6 nitrogen and oxygen atoms in total. The lowest BCUT2D eigenvalue weighted by Gasteiger charge is -2.06. The largest absolute Gasteiger partial charge is 0.384 e. The van der Waals surface area contributed by atoms with Crippen molar-refractivity contribution in [1.82, 2.24) is 9.97 Å². The van der Waals surface area contributed by atoms with E-state index in [-0.39, 0.29) is 11.7 Å². The van der Waals surface area contributed by atoms with E-state index in [0.29, 0.717) is 5.56 Å². The first-order chi connectivity index (χ1) is 15.0. The van der Waals surface area contributed by atoms with Crippen LogP contribution in [0.15, 0.2) is 71.9 Å². The first-order valence-corrected chi connectivity index (χ1v) is 10.9. The second kappa shape index (κ2) is 9.06. The van der Waals surface area contributed by atoms with E-state index in [4.69, 9.17) is 22.3 Å². The molecule has 0 aliphatic heterocycles. The molecule has 4 rings (SSSR count). The third-order valence-corrected chi connectivity index (χ3v) is 6.05. The van der Waals surface area contributed by atoms with Crippen molar-refractivity contribution in [2.45, 2.75) is 23.8 Å². The van der Waals surface area contributed by atoms with Gasteiger partial charge in [0.25, 0.3) is 0 Å². The van der Waals surface area contributed by atoms with Crippen LogP contribution in [0, 0.1) is 10.8 Å². The highest BCUT2D eigenvalue weighted by Gasteiger charge is 2.06. The van der Waals surface area contributed by atoms with E-state index in [2.05, 4.69) is 40.3 Å². The predicted molar refractivity (Wildman–Crippen MR) is 128 cm³/mol.